The highest BCUT2D eigenvalue weighted by atomic mass is 32.2. The van der Waals surface area contributed by atoms with E-state index in [9.17, 15) is 4.79 Å². The first kappa shape index (κ1) is 11.1. The van der Waals surface area contributed by atoms with Crippen molar-refractivity contribution in [3.8, 4) is 0 Å². The highest BCUT2D eigenvalue weighted by Crippen LogP contribution is 2.18. The summed E-state index contributed by atoms with van der Waals surface area (Å²) in [6.45, 7) is 3.52. The number of hydrogen-bond acceptors (Lipinski definition) is 2. The Morgan fingerprint density at radius 1 is 1.36 bits per heavy atom. The molecule has 0 aromatic heterocycles. The van der Waals surface area contributed by atoms with Crippen molar-refractivity contribution < 1.29 is 4.79 Å². The van der Waals surface area contributed by atoms with Crippen molar-refractivity contribution in [1.82, 2.24) is 5.32 Å². The Morgan fingerprint density at radius 2 is 1.93 bits per heavy atom. The summed E-state index contributed by atoms with van der Waals surface area (Å²) >= 11 is 1.72. The topological polar surface area (TPSA) is 29.1 Å². The quantitative estimate of drug-likeness (QED) is 0.775. The third kappa shape index (κ3) is 3.07. The Labute approximate surface area is 89.1 Å². The number of thioether (sulfide) groups is 1. The maximum absolute atomic E-state index is 10.8. The minimum atomic E-state index is 0.00597. The van der Waals surface area contributed by atoms with Crippen LogP contribution in [0.1, 0.15) is 25.5 Å². The van der Waals surface area contributed by atoms with Gasteiger partial charge in [-0.1, -0.05) is 12.1 Å². The van der Waals surface area contributed by atoms with Gasteiger partial charge < -0.3 is 5.32 Å². The van der Waals surface area contributed by atoms with E-state index in [-0.39, 0.29) is 11.9 Å². The lowest BCUT2D eigenvalue weighted by Crippen LogP contribution is -2.23. The molecule has 1 N–H and O–H groups in total. The van der Waals surface area contributed by atoms with Crippen molar-refractivity contribution in [1.29, 1.82) is 0 Å². The van der Waals surface area contributed by atoms with Gasteiger partial charge in [-0.25, -0.2) is 0 Å². The molecule has 2 nitrogen and oxygen atoms in total. The van der Waals surface area contributed by atoms with E-state index in [0.29, 0.717) is 0 Å². The molecule has 0 aliphatic carbocycles. The van der Waals surface area contributed by atoms with Gasteiger partial charge >= 0.3 is 0 Å². The first-order valence-electron chi connectivity index (χ1n) is 4.54. The van der Waals surface area contributed by atoms with Crippen LogP contribution in [-0.4, -0.2) is 12.2 Å². The van der Waals surface area contributed by atoms with Gasteiger partial charge in [0.05, 0.1) is 6.04 Å². The standard InChI is InChI=1S/C11H15NOS/c1-8(12-9(2)13)10-4-6-11(14-3)7-5-10/h4-8H,1-3H3,(H,12,13)/t8-/m0/s1. The first-order chi connectivity index (χ1) is 6.63. The van der Waals surface area contributed by atoms with E-state index in [2.05, 4.69) is 17.4 Å². The van der Waals surface area contributed by atoms with Crippen molar-refractivity contribution in [3.63, 3.8) is 0 Å². The third-order valence-corrected chi connectivity index (χ3v) is 2.78. The van der Waals surface area contributed by atoms with Crippen LogP contribution in [0.5, 0.6) is 0 Å². The smallest absolute Gasteiger partial charge is 0.217 e. The van der Waals surface area contributed by atoms with E-state index in [1.165, 1.54) is 11.8 Å². The Morgan fingerprint density at radius 3 is 2.36 bits per heavy atom. The second-order valence-corrected chi connectivity index (χ2v) is 4.08. The summed E-state index contributed by atoms with van der Waals surface area (Å²) in [4.78, 5) is 12.1. The monoisotopic (exact) mass is 209 g/mol. The molecule has 1 aromatic carbocycles. The van der Waals surface area contributed by atoms with Gasteiger partial charge in [-0.15, -0.1) is 11.8 Å². The molecule has 0 saturated heterocycles. The van der Waals surface area contributed by atoms with Gasteiger partial charge in [0, 0.05) is 11.8 Å². The second-order valence-electron chi connectivity index (χ2n) is 3.20. The predicted octanol–water partition coefficient (Wildman–Crippen LogP) is 2.61. The predicted molar refractivity (Wildman–Crippen MR) is 60.5 cm³/mol. The number of nitrogens with one attached hydrogen (secondary N) is 1. The van der Waals surface area contributed by atoms with Crippen LogP contribution in [0.4, 0.5) is 0 Å². The van der Waals surface area contributed by atoms with Crippen LogP contribution >= 0.6 is 11.8 Å². The zero-order valence-electron chi connectivity index (χ0n) is 8.70. The molecule has 0 unspecified atom stereocenters. The van der Waals surface area contributed by atoms with Crippen molar-refractivity contribution >= 4 is 17.7 Å². The minimum absolute atomic E-state index is 0.00597. The van der Waals surface area contributed by atoms with Gasteiger partial charge in [0.25, 0.3) is 0 Å². The summed E-state index contributed by atoms with van der Waals surface area (Å²) in [5.41, 5.74) is 1.14. The fourth-order valence-corrected chi connectivity index (χ4v) is 1.69. The fraction of sp³-hybridized carbons (Fsp3) is 0.364. The highest BCUT2D eigenvalue weighted by Gasteiger charge is 2.05. The van der Waals surface area contributed by atoms with Crippen molar-refractivity contribution in [2.45, 2.75) is 24.8 Å². The van der Waals surface area contributed by atoms with Crippen LogP contribution in [0.25, 0.3) is 0 Å². The molecule has 76 valence electrons. The zero-order chi connectivity index (χ0) is 10.6. The van der Waals surface area contributed by atoms with E-state index in [0.717, 1.165) is 5.56 Å². The minimum Gasteiger partial charge on any atom is -0.350 e. The molecule has 1 atom stereocenters. The molecular weight excluding hydrogens is 194 g/mol. The average Bonchev–Trinajstić information content (AvgIpc) is 2.17. The summed E-state index contributed by atoms with van der Waals surface area (Å²) in [7, 11) is 0. The zero-order valence-corrected chi connectivity index (χ0v) is 9.52. The van der Waals surface area contributed by atoms with Gasteiger partial charge in [0.2, 0.25) is 5.91 Å². The number of carbonyl (C=O) groups excluding carboxylic acids is 1. The average molecular weight is 209 g/mol. The molecule has 0 saturated carbocycles. The van der Waals surface area contributed by atoms with Crippen molar-refractivity contribution in [3.05, 3.63) is 29.8 Å². The lowest BCUT2D eigenvalue weighted by atomic mass is 10.1. The third-order valence-electron chi connectivity index (χ3n) is 2.04. The van der Waals surface area contributed by atoms with Crippen LogP contribution in [0.15, 0.2) is 29.2 Å². The molecule has 0 bridgehead atoms. The molecule has 1 aromatic rings. The molecule has 0 spiro atoms. The molecule has 0 aliphatic rings. The van der Waals surface area contributed by atoms with E-state index < -0.39 is 0 Å². The Bertz CT molecular complexity index is 308. The van der Waals surface area contributed by atoms with Crippen molar-refractivity contribution in [2.75, 3.05) is 6.26 Å². The van der Waals surface area contributed by atoms with Crippen molar-refractivity contribution in [2.24, 2.45) is 0 Å². The van der Waals surface area contributed by atoms with E-state index >= 15 is 0 Å². The normalized spacial score (nSPS) is 12.2. The van der Waals surface area contributed by atoms with Crippen LogP contribution in [0.3, 0.4) is 0 Å². The molecule has 0 fully saturated rings. The number of carbonyl (C=O) groups is 1. The van der Waals surface area contributed by atoms with Crippen LogP contribution in [0, 0.1) is 0 Å². The largest absolute Gasteiger partial charge is 0.350 e. The summed E-state index contributed by atoms with van der Waals surface area (Å²) in [6, 6.07) is 8.32. The van der Waals surface area contributed by atoms with Gasteiger partial charge in [-0.2, -0.15) is 0 Å². The fourth-order valence-electron chi connectivity index (χ4n) is 1.28. The number of hydrogen-bond donors (Lipinski definition) is 1. The Hall–Kier alpha value is -0.960. The van der Waals surface area contributed by atoms with Gasteiger partial charge in [0.1, 0.15) is 0 Å². The number of rotatable bonds is 3. The lowest BCUT2D eigenvalue weighted by Gasteiger charge is -2.12. The van der Waals surface area contributed by atoms with E-state index in [1.54, 1.807) is 11.8 Å². The van der Waals surface area contributed by atoms with Crippen LogP contribution < -0.4 is 5.32 Å². The SMILES string of the molecule is CSc1ccc([C@H](C)NC(C)=O)cc1. The van der Waals surface area contributed by atoms with Crippen LogP contribution in [-0.2, 0) is 4.79 Å². The van der Waals surface area contributed by atoms with Gasteiger partial charge in [-0.3, -0.25) is 4.79 Å². The maximum Gasteiger partial charge on any atom is 0.217 e. The molecule has 1 rings (SSSR count). The number of benzene rings is 1. The molecule has 0 radical (unpaired) electrons. The van der Waals surface area contributed by atoms with Gasteiger partial charge in [-0.05, 0) is 30.9 Å². The Balaban J connectivity index is 2.71. The molecule has 0 aliphatic heterocycles. The Kier molecular flexibility index (Phi) is 4.01. The highest BCUT2D eigenvalue weighted by molar-refractivity contribution is 7.98. The second kappa shape index (κ2) is 5.05. The summed E-state index contributed by atoms with van der Waals surface area (Å²) < 4.78 is 0. The van der Waals surface area contributed by atoms with Crippen LogP contribution in [0.2, 0.25) is 0 Å². The summed E-state index contributed by atoms with van der Waals surface area (Å²) in [6.07, 6.45) is 2.05. The maximum atomic E-state index is 10.8. The van der Waals surface area contributed by atoms with E-state index in [1.807, 2.05) is 25.3 Å². The summed E-state index contributed by atoms with van der Waals surface area (Å²) in [5.74, 6) is 0.00597. The lowest BCUT2D eigenvalue weighted by molar-refractivity contribution is -0.119. The van der Waals surface area contributed by atoms with Gasteiger partial charge in [0.15, 0.2) is 0 Å². The molecule has 0 heterocycles. The number of amides is 1. The summed E-state index contributed by atoms with van der Waals surface area (Å²) in [5, 5.41) is 2.85. The molecule has 1 amide bonds. The first-order valence-corrected chi connectivity index (χ1v) is 5.77. The molecule has 14 heavy (non-hydrogen) atoms. The molecule has 3 heteroatoms. The molecular formula is C11H15NOS. The van der Waals surface area contributed by atoms with E-state index in [4.69, 9.17) is 0 Å².